The van der Waals surface area contributed by atoms with Gasteiger partial charge in [-0.3, -0.25) is 9.59 Å². The maximum atomic E-state index is 11.9. The molecule has 0 spiro atoms. The molecule has 1 aromatic rings. The number of carbonyl (C=O) groups is 2. The lowest BCUT2D eigenvalue weighted by atomic mass is 10.0. The Morgan fingerprint density at radius 1 is 1.29 bits per heavy atom. The molecule has 21 heavy (non-hydrogen) atoms. The highest BCUT2D eigenvalue weighted by atomic mass is 79.9. The van der Waals surface area contributed by atoms with Crippen molar-refractivity contribution in [2.75, 3.05) is 13.1 Å². The van der Waals surface area contributed by atoms with Gasteiger partial charge < -0.3 is 15.7 Å². The quantitative estimate of drug-likeness (QED) is 0.697. The van der Waals surface area contributed by atoms with Crippen molar-refractivity contribution in [3.8, 4) is 0 Å². The average molecular weight is 357 g/mol. The summed E-state index contributed by atoms with van der Waals surface area (Å²) in [5.41, 5.74) is -0.445. The van der Waals surface area contributed by atoms with Gasteiger partial charge in [-0.1, -0.05) is 25.5 Å². The number of carbonyl (C=O) groups excluding carboxylic acids is 2. The molecule has 2 amide bonds. The zero-order valence-electron chi connectivity index (χ0n) is 12.3. The largest absolute Gasteiger partial charge is 0.388 e. The lowest BCUT2D eigenvalue weighted by Crippen LogP contribution is -2.44. The van der Waals surface area contributed by atoms with E-state index in [-0.39, 0.29) is 24.9 Å². The van der Waals surface area contributed by atoms with Gasteiger partial charge in [-0.15, -0.1) is 0 Å². The summed E-state index contributed by atoms with van der Waals surface area (Å²) in [5.74, 6) is -0.648. The Bertz CT molecular complexity index is 503. The Kier molecular flexibility index (Phi) is 6.84. The average Bonchev–Trinajstić information content (AvgIpc) is 2.43. The summed E-state index contributed by atoms with van der Waals surface area (Å²) in [6, 6.07) is 6.99. The van der Waals surface area contributed by atoms with E-state index in [0.29, 0.717) is 16.5 Å². The molecule has 3 N–H and O–H groups in total. The van der Waals surface area contributed by atoms with Crippen LogP contribution >= 0.6 is 15.9 Å². The van der Waals surface area contributed by atoms with Gasteiger partial charge in [-0.25, -0.2) is 0 Å². The molecule has 0 fully saturated rings. The van der Waals surface area contributed by atoms with Gasteiger partial charge in [0.15, 0.2) is 0 Å². The van der Waals surface area contributed by atoms with Crippen LogP contribution in [0.1, 0.15) is 37.0 Å². The van der Waals surface area contributed by atoms with Gasteiger partial charge in [0, 0.05) is 11.0 Å². The number of aliphatic hydroxyl groups is 1. The van der Waals surface area contributed by atoms with Crippen LogP contribution in [0.3, 0.4) is 0 Å². The Morgan fingerprint density at radius 3 is 2.57 bits per heavy atom. The Balaban J connectivity index is 2.40. The number of amides is 2. The molecule has 0 bridgehead atoms. The molecule has 0 aliphatic rings. The highest BCUT2D eigenvalue weighted by Crippen LogP contribution is 2.15. The molecule has 0 heterocycles. The molecule has 5 nitrogen and oxygen atoms in total. The van der Waals surface area contributed by atoms with Crippen LogP contribution in [0.25, 0.3) is 0 Å². The highest BCUT2D eigenvalue weighted by Gasteiger charge is 2.20. The monoisotopic (exact) mass is 356 g/mol. The number of rotatable bonds is 7. The fourth-order valence-corrected chi connectivity index (χ4v) is 2.34. The normalized spacial score (nSPS) is 13.3. The van der Waals surface area contributed by atoms with E-state index in [1.54, 1.807) is 25.1 Å². The molecule has 0 saturated carbocycles. The lowest BCUT2D eigenvalue weighted by molar-refractivity contribution is -0.121. The molecule has 0 radical (unpaired) electrons. The number of hydrogen-bond donors (Lipinski definition) is 3. The van der Waals surface area contributed by atoms with Gasteiger partial charge in [-0.2, -0.15) is 0 Å². The van der Waals surface area contributed by atoms with E-state index in [1.165, 1.54) is 0 Å². The molecule has 0 aliphatic carbocycles. The topological polar surface area (TPSA) is 78.4 Å². The molecule has 1 unspecified atom stereocenters. The van der Waals surface area contributed by atoms with Crippen LogP contribution in [-0.2, 0) is 4.79 Å². The summed E-state index contributed by atoms with van der Waals surface area (Å²) >= 11 is 3.28. The summed E-state index contributed by atoms with van der Waals surface area (Å²) < 4.78 is 0.675. The van der Waals surface area contributed by atoms with Crippen molar-refractivity contribution in [2.45, 2.75) is 32.3 Å². The van der Waals surface area contributed by atoms with Crippen molar-refractivity contribution >= 4 is 27.7 Å². The van der Waals surface area contributed by atoms with Crippen LogP contribution in [0.15, 0.2) is 28.7 Å². The van der Waals surface area contributed by atoms with Crippen LogP contribution in [-0.4, -0.2) is 35.6 Å². The Hall–Kier alpha value is -1.40. The third-order valence-corrected chi connectivity index (χ3v) is 3.67. The van der Waals surface area contributed by atoms with Gasteiger partial charge >= 0.3 is 0 Å². The molecule has 0 aromatic heterocycles. The summed E-state index contributed by atoms with van der Waals surface area (Å²) in [4.78, 5) is 23.6. The molecule has 0 aliphatic heterocycles. The first kappa shape index (κ1) is 17.7. The van der Waals surface area contributed by atoms with Gasteiger partial charge in [0.2, 0.25) is 5.91 Å². The number of benzene rings is 1. The molecular formula is C15H21BrN2O3. The van der Waals surface area contributed by atoms with E-state index in [0.717, 1.165) is 6.42 Å². The van der Waals surface area contributed by atoms with Crippen molar-refractivity contribution in [3.05, 3.63) is 34.3 Å². The van der Waals surface area contributed by atoms with Crippen molar-refractivity contribution in [1.82, 2.24) is 10.6 Å². The van der Waals surface area contributed by atoms with Crippen molar-refractivity contribution < 1.29 is 14.7 Å². The van der Waals surface area contributed by atoms with Crippen molar-refractivity contribution in [2.24, 2.45) is 0 Å². The van der Waals surface area contributed by atoms with Crippen LogP contribution in [0.2, 0.25) is 0 Å². The van der Waals surface area contributed by atoms with E-state index in [1.807, 2.05) is 13.0 Å². The van der Waals surface area contributed by atoms with E-state index in [9.17, 15) is 14.7 Å². The van der Waals surface area contributed by atoms with Crippen LogP contribution in [0.5, 0.6) is 0 Å². The Labute approximate surface area is 133 Å². The predicted octanol–water partition coefficient (Wildman–Crippen LogP) is 1.85. The molecule has 116 valence electrons. The minimum atomic E-state index is -0.920. The number of nitrogens with one attached hydrogen (secondary N) is 2. The molecular weight excluding hydrogens is 336 g/mol. The van der Waals surface area contributed by atoms with Gasteiger partial charge in [0.25, 0.3) is 5.91 Å². The smallest absolute Gasteiger partial charge is 0.252 e. The van der Waals surface area contributed by atoms with Crippen LogP contribution in [0, 0.1) is 0 Å². The van der Waals surface area contributed by atoms with E-state index in [2.05, 4.69) is 26.6 Å². The molecule has 1 atom stereocenters. The first-order valence-electron chi connectivity index (χ1n) is 6.87. The van der Waals surface area contributed by atoms with Gasteiger partial charge in [0.05, 0.1) is 17.7 Å². The first-order valence-corrected chi connectivity index (χ1v) is 7.67. The second-order valence-electron chi connectivity index (χ2n) is 5.19. The van der Waals surface area contributed by atoms with Gasteiger partial charge in [0.1, 0.15) is 0 Å². The predicted molar refractivity (Wildman–Crippen MR) is 85.0 cm³/mol. The highest BCUT2D eigenvalue weighted by molar-refractivity contribution is 9.10. The first-order chi connectivity index (χ1) is 9.85. The zero-order valence-corrected chi connectivity index (χ0v) is 13.9. The van der Waals surface area contributed by atoms with Crippen molar-refractivity contribution in [1.29, 1.82) is 0 Å². The minimum Gasteiger partial charge on any atom is -0.388 e. The molecule has 0 saturated heterocycles. The second kappa shape index (κ2) is 8.14. The lowest BCUT2D eigenvalue weighted by Gasteiger charge is -2.22. The maximum absolute atomic E-state index is 11.9. The molecule has 1 rings (SSSR count). The zero-order chi connectivity index (χ0) is 15.9. The van der Waals surface area contributed by atoms with E-state index < -0.39 is 5.60 Å². The van der Waals surface area contributed by atoms with E-state index >= 15 is 0 Å². The maximum Gasteiger partial charge on any atom is 0.252 e. The number of halogens is 1. The minimum absolute atomic E-state index is 0.123. The fraction of sp³-hybridized carbons (Fsp3) is 0.467. The second-order valence-corrected chi connectivity index (χ2v) is 6.04. The van der Waals surface area contributed by atoms with Crippen molar-refractivity contribution in [3.63, 3.8) is 0 Å². The van der Waals surface area contributed by atoms with Crippen LogP contribution < -0.4 is 10.6 Å². The third kappa shape index (κ3) is 6.27. The fourth-order valence-electron chi connectivity index (χ4n) is 1.88. The summed E-state index contributed by atoms with van der Waals surface area (Å²) in [5, 5.41) is 15.1. The molecule has 6 heteroatoms. The summed E-state index contributed by atoms with van der Waals surface area (Å²) in [7, 11) is 0. The summed E-state index contributed by atoms with van der Waals surface area (Å²) in [6.45, 7) is 3.69. The third-order valence-electron chi connectivity index (χ3n) is 2.98. The Morgan fingerprint density at radius 2 is 1.95 bits per heavy atom. The SMILES string of the molecule is CCCC(C)(O)CNC(=O)CNC(=O)c1ccccc1Br. The van der Waals surface area contributed by atoms with Crippen LogP contribution in [0.4, 0.5) is 0 Å². The summed E-state index contributed by atoms with van der Waals surface area (Å²) in [6.07, 6.45) is 1.44. The van der Waals surface area contributed by atoms with Gasteiger partial charge in [-0.05, 0) is 41.4 Å². The standard InChI is InChI=1S/C15H21BrN2O3/c1-3-8-15(2,21)10-18-13(19)9-17-14(20)11-6-4-5-7-12(11)16/h4-7,21H,3,8-10H2,1-2H3,(H,17,20)(H,18,19). The number of hydrogen-bond acceptors (Lipinski definition) is 3. The molecule has 1 aromatic carbocycles. The van der Waals surface area contributed by atoms with E-state index in [4.69, 9.17) is 0 Å².